The van der Waals surface area contributed by atoms with E-state index in [9.17, 15) is 23.3 Å². The Morgan fingerprint density at radius 1 is 1.50 bits per heavy atom. The lowest BCUT2D eigenvalue weighted by atomic mass is 10.2. The summed E-state index contributed by atoms with van der Waals surface area (Å²) in [7, 11) is -3.88. The van der Waals surface area contributed by atoms with Crippen LogP contribution in [0.15, 0.2) is 24.3 Å². The molecule has 1 N–H and O–H groups in total. The summed E-state index contributed by atoms with van der Waals surface area (Å²) in [6.07, 6.45) is 0. The molecule has 0 bridgehead atoms. The highest BCUT2D eigenvalue weighted by Gasteiger charge is 2.28. The number of carbonyl (C=O) groups is 1. The van der Waals surface area contributed by atoms with Gasteiger partial charge in [0.25, 0.3) is 5.69 Å². The Balaban J connectivity index is 3.01. The van der Waals surface area contributed by atoms with Gasteiger partial charge in [-0.25, -0.2) is 8.42 Å². The summed E-state index contributed by atoms with van der Waals surface area (Å²) in [5.41, 5.74) is -0.0389. The van der Waals surface area contributed by atoms with Gasteiger partial charge in [0.15, 0.2) is 15.1 Å². The predicted molar refractivity (Wildman–Crippen MR) is 62.8 cm³/mol. The van der Waals surface area contributed by atoms with Gasteiger partial charge in [-0.1, -0.05) is 12.1 Å². The van der Waals surface area contributed by atoms with Crippen LogP contribution in [-0.2, 0) is 20.4 Å². The third-order valence-electron chi connectivity index (χ3n) is 2.38. The lowest BCUT2D eigenvalue weighted by Gasteiger charge is -2.08. The van der Waals surface area contributed by atoms with Gasteiger partial charge in [0.05, 0.1) is 10.7 Å². The molecule has 0 aliphatic heterocycles. The highest BCUT2D eigenvalue weighted by molar-refractivity contribution is 7.91. The van der Waals surface area contributed by atoms with Crippen LogP contribution < -0.4 is 0 Å². The number of carboxylic acids is 1. The minimum atomic E-state index is -3.88. The Morgan fingerprint density at radius 3 is 2.61 bits per heavy atom. The van der Waals surface area contributed by atoms with Gasteiger partial charge >= 0.3 is 5.97 Å². The van der Waals surface area contributed by atoms with Crippen LogP contribution >= 0.6 is 0 Å². The van der Waals surface area contributed by atoms with Gasteiger partial charge in [0.1, 0.15) is 0 Å². The number of rotatable bonds is 5. The van der Waals surface area contributed by atoms with Crippen molar-refractivity contribution in [3.8, 4) is 0 Å². The topological polar surface area (TPSA) is 115 Å². The average Bonchev–Trinajstić information content (AvgIpc) is 2.27. The Hall–Kier alpha value is -1.96. The van der Waals surface area contributed by atoms with E-state index >= 15 is 0 Å². The number of aliphatic carboxylic acids is 1. The maximum atomic E-state index is 11.7. The lowest BCUT2D eigenvalue weighted by Crippen LogP contribution is -2.28. The molecule has 1 rings (SSSR count). The molecule has 98 valence electrons. The number of hydrogen-bond acceptors (Lipinski definition) is 5. The first-order chi connectivity index (χ1) is 8.24. The second-order valence-electron chi connectivity index (χ2n) is 3.71. The van der Waals surface area contributed by atoms with Crippen molar-refractivity contribution in [1.29, 1.82) is 0 Å². The number of benzene rings is 1. The molecular weight excluding hydrogens is 262 g/mol. The molecule has 0 spiro atoms. The fourth-order valence-corrected chi connectivity index (χ4v) is 2.47. The Bertz CT molecular complexity index is 580. The normalized spacial score (nSPS) is 12.9. The van der Waals surface area contributed by atoms with Gasteiger partial charge in [-0.3, -0.25) is 14.9 Å². The molecule has 0 fully saturated rings. The summed E-state index contributed by atoms with van der Waals surface area (Å²) < 4.78 is 23.3. The number of hydrogen-bond donors (Lipinski definition) is 1. The second-order valence-corrected chi connectivity index (χ2v) is 6.04. The van der Waals surface area contributed by atoms with Gasteiger partial charge in [-0.15, -0.1) is 0 Å². The number of carboxylic acid groups (broad SMARTS) is 1. The summed E-state index contributed by atoms with van der Waals surface area (Å²) in [5, 5.41) is 17.6. The van der Waals surface area contributed by atoms with Crippen LogP contribution in [0.1, 0.15) is 12.5 Å². The van der Waals surface area contributed by atoms with E-state index in [-0.39, 0.29) is 11.3 Å². The molecule has 8 heteroatoms. The van der Waals surface area contributed by atoms with Crippen LogP contribution in [-0.4, -0.2) is 29.7 Å². The zero-order valence-corrected chi connectivity index (χ0v) is 10.3. The molecule has 0 saturated heterocycles. The number of nitrogens with zero attached hydrogens (tertiary/aromatic N) is 1. The third-order valence-corrected chi connectivity index (χ3v) is 4.39. The van der Waals surface area contributed by atoms with E-state index < -0.39 is 31.7 Å². The van der Waals surface area contributed by atoms with E-state index in [4.69, 9.17) is 5.11 Å². The van der Waals surface area contributed by atoms with Gasteiger partial charge in [-0.2, -0.15) is 0 Å². The molecule has 0 aliphatic carbocycles. The molecule has 0 radical (unpaired) electrons. The predicted octanol–water partition coefficient (Wildman–Crippen LogP) is 0.983. The highest BCUT2D eigenvalue weighted by Crippen LogP contribution is 2.17. The number of nitro groups is 1. The van der Waals surface area contributed by atoms with E-state index in [1.165, 1.54) is 18.2 Å². The van der Waals surface area contributed by atoms with Crippen LogP contribution in [0.4, 0.5) is 5.69 Å². The first-order valence-corrected chi connectivity index (χ1v) is 6.63. The number of sulfone groups is 1. The monoisotopic (exact) mass is 273 g/mol. The molecule has 0 saturated carbocycles. The largest absolute Gasteiger partial charge is 0.480 e. The van der Waals surface area contributed by atoms with Crippen LogP contribution in [0, 0.1) is 10.1 Å². The van der Waals surface area contributed by atoms with Gasteiger partial charge in [0, 0.05) is 12.1 Å². The van der Waals surface area contributed by atoms with Gasteiger partial charge in [0.2, 0.25) is 0 Å². The maximum absolute atomic E-state index is 11.7. The molecule has 18 heavy (non-hydrogen) atoms. The van der Waals surface area contributed by atoms with Crippen molar-refractivity contribution in [1.82, 2.24) is 0 Å². The fourth-order valence-electron chi connectivity index (χ4n) is 1.27. The minimum Gasteiger partial charge on any atom is -0.480 e. The highest BCUT2D eigenvalue weighted by atomic mass is 32.2. The standard InChI is InChI=1S/C10H11NO6S/c1-7(10(12)13)18(16,17)6-8-3-2-4-9(5-8)11(14)15/h2-5,7H,6H2,1H3,(H,12,13). The Labute approximate surface area is 103 Å². The van der Waals surface area contributed by atoms with Crippen LogP contribution in [0.2, 0.25) is 0 Å². The average molecular weight is 273 g/mol. The van der Waals surface area contributed by atoms with Crippen molar-refractivity contribution >= 4 is 21.5 Å². The Kier molecular flexibility index (Phi) is 4.02. The zero-order chi connectivity index (χ0) is 13.9. The molecule has 1 unspecified atom stereocenters. The van der Waals surface area contributed by atoms with Crippen molar-refractivity contribution in [2.24, 2.45) is 0 Å². The molecule has 0 heterocycles. The summed E-state index contributed by atoms with van der Waals surface area (Å²) in [5.74, 6) is -1.98. The zero-order valence-electron chi connectivity index (χ0n) is 9.44. The number of non-ortho nitro benzene ring substituents is 1. The Morgan fingerprint density at radius 2 is 2.11 bits per heavy atom. The van der Waals surface area contributed by atoms with Crippen LogP contribution in [0.3, 0.4) is 0 Å². The van der Waals surface area contributed by atoms with Crippen molar-refractivity contribution in [2.45, 2.75) is 17.9 Å². The first-order valence-electron chi connectivity index (χ1n) is 4.92. The first kappa shape index (κ1) is 14.1. The maximum Gasteiger partial charge on any atom is 0.321 e. The van der Waals surface area contributed by atoms with E-state index in [0.29, 0.717) is 0 Å². The lowest BCUT2D eigenvalue weighted by molar-refractivity contribution is -0.384. The third kappa shape index (κ3) is 3.27. The molecule has 0 amide bonds. The van der Waals surface area contributed by atoms with E-state index in [0.717, 1.165) is 13.0 Å². The smallest absolute Gasteiger partial charge is 0.321 e. The van der Waals surface area contributed by atoms with E-state index in [1.807, 2.05) is 0 Å². The van der Waals surface area contributed by atoms with Crippen molar-refractivity contribution < 1.29 is 23.2 Å². The quantitative estimate of drug-likeness (QED) is 0.631. The summed E-state index contributed by atoms with van der Waals surface area (Å²) >= 11 is 0. The molecule has 1 aromatic carbocycles. The fraction of sp³-hybridized carbons (Fsp3) is 0.300. The van der Waals surface area contributed by atoms with Crippen molar-refractivity contribution in [2.75, 3.05) is 0 Å². The van der Waals surface area contributed by atoms with Crippen molar-refractivity contribution in [3.63, 3.8) is 0 Å². The molecule has 1 atom stereocenters. The molecule has 0 aromatic heterocycles. The summed E-state index contributed by atoms with van der Waals surface area (Å²) in [4.78, 5) is 20.5. The van der Waals surface area contributed by atoms with Gasteiger partial charge < -0.3 is 5.11 Å². The van der Waals surface area contributed by atoms with Crippen LogP contribution in [0.25, 0.3) is 0 Å². The molecular formula is C10H11NO6S. The van der Waals surface area contributed by atoms with Crippen LogP contribution in [0.5, 0.6) is 0 Å². The van der Waals surface area contributed by atoms with E-state index in [1.54, 1.807) is 0 Å². The molecule has 1 aromatic rings. The van der Waals surface area contributed by atoms with Gasteiger partial charge in [-0.05, 0) is 12.5 Å². The van der Waals surface area contributed by atoms with E-state index in [2.05, 4.69) is 0 Å². The number of nitro benzene ring substituents is 1. The SMILES string of the molecule is CC(C(=O)O)S(=O)(=O)Cc1cccc([N+](=O)[O-])c1. The minimum absolute atomic E-state index is 0.192. The molecule has 0 aliphatic rings. The summed E-state index contributed by atoms with van der Waals surface area (Å²) in [6, 6.07) is 5.11. The molecule has 7 nitrogen and oxygen atoms in total. The summed E-state index contributed by atoms with van der Waals surface area (Å²) in [6.45, 7) is 1.06. The second kappa shape index (κ2) is 5.13. The van der Waals surface area contributed by atoms with Crippen molar-refractivity contribution in [3.05, 3.63) is 39.9 Å².